The summed E-state index contributed by atoms with van der Waals surface area (Å²) in [5.41, 5.74) is 3.02. The molecule has 2 bridgehead atoms. The van der Waals surface area contributed by atoms with Crippen molar-refractivity contribution in [1.82, 2.24) is 5.32 Å². The van der Waals surface area contributed by atoms with Crippen molar-refractivity contribution in [1.29, 1.82) is 0 Å². The SMILES string of the molecule is C[C@H]1[C@H]2Cc3ccc(O)cc3[C@@]1(C)CCN2. The molecule has 3 rings (SSSR count). The van der Waals surface area contributed by atoms with Gasteiger partial charge in [0.25, 0.3) is 0 Å². The lowest BCUT2D eigenvalue weighted by molar-refractivity contribution is 0.158. The third kappa shape index (κ3) is 1.23. The van der Waals surface area contributed by atoms with Gasteiger partial charge in [-0.25, -0.2) is 0 Å². The van der Waals surface area contributed by atoms with Crippen molar-refractivity contribution in [2.75, 3.05) is 6.54 Å². The minimum Gasteiger partial charge on any atom is -0.508 e. The van der Waals surface area contributed by atoms with Crippen LogP contribution in [-0.2, 0) is 11.8 Å². The number of rotatable bonds is 0. The van der Waals surface area contributed by atoms with Gasteiger partial charge in [0.2, 0.25) is 0 Å². The van der Waals surface area contributed by atoms with E-state index in [0.717, 1.165) is 13.0 Å². The predicted molar refractivity (Wildman–Crippen MR) is 64.7 cm³/mol. The maximum Gasteiger partial charge on any atom is 0.115 e. The maximum atomic E-state index is 9.67. The Labute approximate surface area is 96.7 Å². The Hall–Kier alpha value is -1.02. The smallest absolute Gasteiger partial charge is 0.115 e. The van der Waals surface area contributed by atoms with Gasteiger partial charge in [-0.15, -0.1) is 0 Å². The Morgan fingerprint density at radius 1 is 1.44 bits per heavy atom. The molecule has 0 amide bonds. The first-order valence-corrected chi connectivity index (χ1v) is 6.17. The number of benzene rings is 1. The Kier molecular flexibility index (Phi) is 2.05. The zero-order valence-corrected chi connectivity index (χ0v) is 9.96. The minimum absolute atomic E-state index is 0.238. The van der Waals surface area contributed by atoms with E-state index in [-0.39, 0.29) is 5.41 Å². The number of hydrogen-bond acceptors (Lipinski definition) is 2. The number of hydrogen-bond donors (Lipinski definition) is 2. The molecule has 2 heteroatoms. The Bertz CT molecular complexity index is 429. The van der Waals surface area contributed by atoms with E-state index in [2.05, 4.69) is 25.2 Å². The molecule has 1 heterocycles. The molecule has 3 atom stereocenters. The summed E-state index contributed by atoms with van der Waals surface area (Å²) in [4.78, 5) is 0. The normalized spacial score (nSPS) is 36.9. The maximum absolute atomic E-state index is 9.67. The number of nitrogens with one attached hydrogen (secondary N) is 1. The first-order valence-electron chi connectivity index (χ1n) is 6.17. The predicted octanol–water partition coefficient (Wildman–Crippen LogP) is 2.20. The molecular weight excluding hydrogens is 198 g/mol. The van der Waals surface area contributed by atoms with Gasteiger partial charge in [-0.05, 0) is 54.0 Å². The molecule has 1 aromatic rings. The highest BCUT2D eigenvalue weighted by Crippen LogP contribution is 2.46. The molecule has 2 N–H and O–H groups in total. The lowest BCUT2D eigenvalue weighted by Crippen LogP contribution is -2.56. The van der Waals surface area contributed by atoms with Crippen LogP contribution < -0.4 is 5.32 Å². The summed E-state index contributed by atoms with van der Waals surface area (Å²) in [6.07, 6.45) is 2.27. The Morgan fingerprint density at radius 3 is 3.06 bits per heavy atom. The highest BCUT2D eigenvalue weighted by molar-refractivity contribution is 5.44. The van der Waals surface area contributed by atoms with Crippen LogP contribution in [0.3, 0.4) is 0 Å². The second kappa shape index (κ2) is 3.24. The summed E-state index contributed by atoms with van der Waals surface area (Å²) >= 11 is 0. The average Bonchev–Trinajstić information content (AvgIpc) is 2.25. The highest BCUT2D eigenvalue weighted by Gasteiger charge is 2.45. The summed E-state index contributed by atoms with van der Waals surface area (Å²) in [5.74, 6) is 1.06. The topological polar surface area (TPSA) is 32.3 Å². The van der Waals surface area contributed by atoms with E-state index in [1.165, 1.54) is 17.5 Å². The van der Waals surface area contributed by atoms with Gasteiger partial charge < -0.3 is 10.4 Å². The molecule has 2 aliphatic rings. The van der Waals surface area contributed by atoms with E-state index in [4.69, 9.17) is 0 Å². The summed E-state index contributed by atoms with van der Waals surface area (Å²) in [5, 5.41) is 13.3. The molecule has 0 spiro atoms. The van der Waals surface area contributed by atoms with Crippen LogP contribution in [0.4, 0.5) is 0 Å². The van der Waals surface area contributed by atoms with Crippen molar-refractivity contribution in [2.45, 2.75) is 38.1 Å². The van der Waals surface area contributed by atoms with Crippen LogP contribution in [0, 0.1) is 5.92 Å². The van der Waals surface area contributed by atoms with Crippen LogP contribution in [0.2, 0.25) is 0 Å². The molecule has 0 aromatic heterocycles. The lowest BCUT2D eigenvalue weighted by Gasteiger charge is -2.50. The molecule has 1 aliphatic heterocycles. The van der Waals surface area contributed by atoms with E-state index in [1.807, 2.05) is 12.1 Å². The van der Waals surface area contributed by atoms with Gasteiger partial charge in [0.15, 0.2) is 0 Å². The summed E-state index contributed by atoms with van der Waals surface area (Å²) in [6.45, 7) is 5.79. The quantitative estimate of drug-likeness (QED) is 0.698. The molecule has 1 fully saturated rings. The van der Waals surface area contributed by atoms with Crippen LogP contribution >= 0.6 is 0 Å². The molecule has 0 saturated carbocycles. The first-order chi connectivity index (χ1) is 7.61. The highest BCUT2D eigenvalue weighted by atomic mass is 16.3. The second-order valence-corrected chi connectivity index (χ2v) is 5.56. The summed E-state index contributed by atoms with van der Waals surface area (Å²) < 4.78 is 0. The van der Waals surface area contributed by atoms with Gasteiger partial charge >= 0.3 is 0 Å². The second-order valence-electron chi connectivity index (χ2n) is 5.56. The molecule has 86 valence electrons. The van der Waals surface area contributed by atoms with Gasteiger partial charge in [0, 0.05) is 6.04 Å². The average molecular weight is 217 g/mol. The molecule has 1 aromatic carbocycles. The van der Waals surface area contributed by atoms with Crippen LogP contribution in [0.15, 0.2) is 18.2 Å². The monoisotopic (exact) mass is 217 g/mol. The van der Waals surface area contributed by atoms with Crippen LogP contribution in [0.1, 0.15) is 31.4 Å². The molecular formula is C14H19NO. The van der Waals surface area contributed by atoms with Crippen molar-refractivity contribution in [3.8, 4) is 5.75 Å². The first kappa shape index (κ1) is 10.2. The van der Waals surface area contributed by atoms with Crippen molar-refractivity contribution < 1.29 is 5.11 Å². The standard InChI is InChI=1S/C14H19NO/c1-9-13-7-10-3-4-11(16)8-12(10)14(9,2)5-6-15-13/h3-4,8-9,13,15-16H,5-7H2,1-2H3/t9-,13+,14-/m0/s1. The van der Waals surface area contributed by atoms with Crippen LogP contribution in [-0.4, -0.2) is 17.7 Å². The third-order valence-corrected chi connectivity index (χ3v) is 4.81. The summed E-state index contributed by atoms with van der Waals surface area (Å²) in [6, 6.07) is 6.49. The molecule has 1 aliphatic carbocycles. The van der Waals surface area contributed by atoms with Gasteiger partial charge in [-0.1, -0.05) is 19.9 Å². The molecule has 16 heavy (non-hydrogen) atoms. The number of phenolic OH excluding ortho intramolecular Hbond substituents is 1. The van der Waals surface area contributed by atoms with Crippen molar-refractivity contribution in [2.24, 2.45) is 5.92 Å². The zero-order valence-electron chi connectivity index (χ0n) is 9.96. The Morgan fingerprint density at radius 2 is 2.25 bits per heavy atom. The fourth-order valence-electron chi connectivity index (χ4n) is 3.51. The van der Waals surface area contributed by atoms with E-state index in [1.54, 1.807) is 0 Å². The van der Waals surface area contributed by atoms with E-state index < -0.39 is 0 Å². The van der Waals surface area contributed by atoms with Gasteiger partial charge in [-0.2, -0.15) is 0 Å². The molecule has 0 radical (unpaired) electrons. The third-order valence-electron chi connectivity index (χ3n) is 4.81. The zero-order chi connectivity index (χ0) is 11.3. The van der Waals surface area contributed by atoms with Crippen molar-refractivity contribution >= 4 is 0 Å². The van der Waals surface area contributed by atoms with Crippen LogP contribution in [0.5, 0.6) is 5.75 Å². The van der Waals surface area contributed by atoms with Crippen molar-refractivity contribution in [3.05, 3.63) is 29.3 Å². The number of aromatic hydroxyl groups is 1. The van der Waals surface area contributed by atoms with E-state index >= 15 is 0 Å². The van der Waals surface area contributed by atoms with Gasteiger partial charge in [0.05, 0.1) is 0 Å². The van der Waals surface area contributed by atoms with Gasteiger partial charge in [0.1, 0.15) is 5.75 Å². The van der Waals surface area contributed by atoms with E-state index in [9.17, 15) is 5.11 Å². The molecule has 1 saturated heterocycles. The van der Waals surface area contributed by atoms with Crippen LogP contribution in [0.25, 0.3) is 0 Å². The fourth-order valence-corrected chi connectivity index (χ4v) is 3.51. The Balaban J connectivity index is 2.18. The number of phenols is 1. The number of fused-ring (bicyclic) bond motifs is 4. The van der Waals surface area contributed by atoms with Gasteiger partial charge in [-0.3, -0.25) is 0 Å². The van der Waals surface area contributed by atoms with Crippen molar-refractivity contribution in [3.63, 3.8) is 0 Å². The van der Waals surface area contributed by atoms with E-state index in [0.29, 0.717) is 17.7 Å². The fraction of sp³-hybridized carbons (Fsp3) is 0.571. The number of piperidine rings is 1. The molecule has 2 nitrogen and oxygen atoms in total. The molecule has 0 unspecified atom stereocenters. The largest absolute Gasteiger partial charge is 0.508 e. The lowest BCUT2D eigenvalue weighted by atomic mass is 9.59. The minimum atomic E-state index is 0.238. The summed E-state index contributed by atoms with van der Waals surface area (Å²) in [7, 11) is 0.